The number of halogens is 1. The molecule has 0 aromatic heterocycles. The summed E-state index contributed by atoms with van der Waals surface area (Å²) in [6.07, 6.45) is 3.83. The predicted octanol–water partition coefficient (Wildman–Crippen LogP) is 3.66. The Kier molecular flexibility index (Phi) is 3.56. The van der Waals surface area contributed by atoms with E-state index in [9.17, 15) is 0 Å². The molecule has 1 saturated carbocycles. The summed E-state index contributed by atoms with van der Waals surface area (Å²) in [6.45, 7) is 5.62. The first-order valence-corrected chi connectivity index (χ1v) is 6.50. The van der Waals surface area contributed by atoms with Gasteiger partial charge in [-0.2, -0.15) is 0 Å². The van der Waals surface area contributed by atoms with Gasteiger partial charge < -0.3 is 5.32 Å². The van der Waals surface area contributed by atoms with E-state index < -0.39 is 0 Å². The molecule has 0 amide bonds. The molecule has 0 bridgehead atoms. The molecule has 1 fully saturated rings. The van der Waals surface area contributed by atoms with E-state index in [-0.39, 0.29) is 0 Å². The third-order valence-corrected chi connectivity index (χ3v) is 3.94. The first-order valence-electron chi connectivity index (χ1n) is 6.12. The molecule has 1 aliphatic rings. The van der Waals surface area contributed by atoms with Crippen molar-refractivity contribution in [2.45, 2.75) is 39.2 Å². The summed E-state index contributed by atoms with van der Waals surface area (Å²) in [6, 6.07) is 8.85. The molecule has 1 atom stereocenters. The van der Waals surface area contributed by atoms with E-state index in [4.69, 9.17) is 11.6 Å². The van der Waals surface area contributed by atoms with Gasteiger partial charge in [0, 0.05) is 11.1 Å². The van der Waals surface area contributed by atoms with Crippen molar-refractivity contribution in [3.8, 4) is 0 Å². The SMILES string of the molecule is CCNC(Cc1ccc(Cl)cc1)C1(C)CC1. The maximum Gasteiger partial charge on any atom is 0.0406 e. The van der Waals surface area contributed by atoms with E-state index >= 15 is 0 Å². The molecule has 0 heterocycles. The monoisotopic (exact) mass is 237 g/mol. The van der Waals surface area contributed by atoms with Crippen LogP contribution in [-0.4, -0.2) is 12.6 Å². The normalized spacial score (nSPS) is 19.4. The first kappa shape index (κ1) is 11.9. The zero-order chi connectivity index (χ0) is 11.6. The Labute approximate surface area is 103 Å². The predicted molar refractivity (Wildman–Crippen MR) is 70.0 cm³/mol. The van der Waals surface area contributed by atoms with Crippen molar-refractivity contribution >= 4 is 11.6 Å². The van der Waals surface area contributed by atoms with E-state index in [1.807, 2.05) is 12.1 Å². The fourth-order valence-electron chi connectivity index (χ4n) is 2.21. The summed E-state index contributed by atoms with van der Waals surface area (Å²) in [7, 11) is 0. The maximum absolute atomic E-state index is 5.90. The fraction of sp³-hybridized carbons (Fsp3) is 0.571. The molecule has 2 rings (SSSR count). The molecule has 0 radical (unpaired) electrons. The quantitative estimate of drug-likeness (QED) is 0.824. The Balaban J connectivity index is 2.02. The Hall–Kier alpha value is -0.530. The van der Waals surface area contributed by atoms with E-state index in [1.54, 1.807) is 0 Å². The average Bonchev–Trinajstić information content (AvgIpc) is 3.00. The van der Waals surface area contributed by atoms with Gasteiger partial charge in [0.25, 0.3) is 0 Å². The standard InChI is InChI=1S/C14H20ClN/c1-3-16-13(14(2)8-9-14)10-11-4-6-12(15)7-5-11/h4-7,13,16H,3,8-10H2,1-2H3. The summed E-state index contributed by atoms with van der Waals surface area (Å²) in [5.74, 6) is 0. The number of nitrogens with one attached hydrogen (secondary N) is 1. The van der Waals surface area contributed by atoms with Crippen LogP contribution >= 0.6 is 11.6 Å². The van der Waals surface area contributed by atoms with Crippen molar-refractivity contribution in [3.63, 3.8) is 0 Å². The van der Waals surface area contributed by atoms with Gasteiger partial charge in [0.05, 0.1) is 0 Å². The highest BCUT2D eigenvalue weighted by atomic mass is 35.5. The summed E-state index contributed by atoms with van der Waals surface area (Å²) in [5.41, 5.74) is 1.90. The highest BCUT2D eigenvalue weighted by Gasteiger charge is 2.44. The molecule has 16 heavy (non-hydrogen) atoms. The molecule has 1 aromatic carbocycles. The van der Waals surface area contributed by atoms with Gasteiger partial charge in [-0.25, -0.2) is 0 Å². The van der Waals surface area contributed by atoms with Gasteiger partial charge >= 0.3 is 0 Å². The lowest BCUT2D eigenvalue weighted by Gasteiger charge is -2.24. The van der Waals surface area contributed by atoms with Crippen LogP contribution in [0, 0.1) is 5.41 Å². The molecule has 0 spiro atoms. The molecular formula is C14H20ClN. The Morgan fingerprint density at radius 3 is 2.44 bits per heavy atom. The molecule has 1 unspecified atom stereocenters. The van der Waals surface area contributed by atoms with Gasteiger partial charge in [-0.3, -0.25) is 0 Å². The van der Waals surface area contributed by atoms with Gasteiger partial charge in [0.2, 0.25) is 0 Å². The van der Waals surface area contributed by atoms with Gasteiger partial charge in [0.15, 0.2) is 0 Å². The molecule has 88 valence electrons. The number of hydrogen-bond acceptors (Lipinski definition) is 1. The van der Waals surface area contributed by atoms with Crippen LogP contribution in [0.25, 0.3) is 0 Å². The minimum atomic E-state index is 0.523. The topological polar surface area (TPSA) is 12.0 Å². The van der Waals surface area contributed by atoms with Crippen molar-refractivity contribution < 1.29 is 0 Å². The van der Waals surface area contributed by atoms with Crippen LogP contribution in [0.4, 0.5) is 0 Å². The molecule has 1 N–H and O–H groups in total. The third kappa shape index (κ3) is 2.78. The van der Waals surface area contributed by atoms with E-state index in [0.29, 0.717) is 11.5 Å². The number of hydrogen-bond donors (Lipinski definition) is 1. The van der Waals surface area contributed by atoms with Crippen molar-refractivity contribution in [2.75, 3.05) is 6.54 Å². The Morgan fingerprint density at radius 2 is 1.94 bits per heavy atom. The molecule has 2 heteroatoms. The van der Waals surface area contributed by atoms with Crippen LogP contribution < -0.4 is 5.32 Å². The average molecular weight is 238 g/mol. The third-order valence-electron chi connectivity index (χ3n) is 3.68. The summed E-state index contributed by atoms with van der Waals surface area (Å²) < 4.78 is 0. The second-order valence-corrected chi connectivity index (χ2v) is 5.53. The molecular weight excluding hydrogens is 218 g/mol. The number of benzene rings is 1. The fourth-order valence-corrected chi connectivity index (χ4v) is 2.34. The highest BCUT2D eigenvalue weighted by Crippen LogP contribution is 2.48. The van der Waals surface area contributed by atoms with Crippen LogP contribution in [0.2, 0.25) is 5.02 Å². The first-order chi connectivity index (χ1) is 7.64. The van der Waals surface area contributed by atoms with Crippen LogP contribution in [0.1, 0.15) is 32.3 Å². The lowest BCUT2D eigenvalue weighted by molar-refractivity contribution is 0.360. The minimum Gasteiger partial charge on any atom is -0.313 e. The minimum absolute atomic E-state index is 0.523. The van der Waals surface area contributed by atoms with Crippen LogP contribution in [0.15, 0.2) is 24.3 Å². The van der Waals surface area contributed by atoms with Crippen molar-refractivity contribution in [2.24, 2.45) is 5.41 Å². The summed E-state index contributed by atoms with van der Waals surface area (Å²) in [5, 5.41) is 4.44. The Bertz CT molecular complexity index is 340. The van der Waals surface area contributed by atoms with Gasteiger partial charge in [-0.1, -0.05) is 37.6 Å². The Morgan fingerprint density at radius 1 is 1.31 bits per heavy atom. The summed E-state index contributed by atoms with van der Waals surface area (Å²) in [4.78, 5) is 0. The van der Waals surface area contributed by atoms with E-state index in [2.05, 4.69) is 31.3 Å². The zero-order valence-electron chi connectivity index (χ0n) is 10.1. The highest BCUT2D eigenvalue weighted by molar-refractivity contribution is 6.30. The summed E-state index contributed by atoms with van der Waals surface area (Å²) >= 11 is 5.90. The lowest BCUT2D eigenvalue weighted by Crippen LogP contribution is -2.37. The molecule has 1 nitrogen and oxygen atoms in total. The van der Waals surface area contributed by atoms with Crippen molar-refractivity contribution in [1.82, 2.24) is 5.32 Å². The van der Waals surface area contributed by atoms with E-state index in [1.165, 1.54) is 18.4 Å². The van der Waals surface area contributed by atoms with Crippen LogP contribution in [0.3, 0.4) is 0 Å². The van der Waals surface area contributed by atoms with Crippen LogP contribution in [-0.2, 0) is 6.42 Å². The van der Waals surface area contributed by atoms with Crippen molar-refractivity contribution in [1.29, 1.82) is 0 Å². The van der Waals surface area contributed by atoms with Crippen LogP contribution in [0.5, 0.6) is 0 Å². The largest absolute Gasteiger partial charge is 0.313 e. The lowest BCUT2D eigenvalue weighted by atomic mass is 9.92. The molecule has 1 aliphatic carbocycles. The van der Waals surface area contributed by atoms with Gasteiger partial charge in [-0.05, 0) is 48.9 Å². The van der Waals surface area contributed by atoms with Gasteiger partial charge in [-0.15, -0.1) is 0 Å². The number of likely N-dealkylation sites (N-methyl/N-ethyl adjacent to an activating group) is 1. The number of rotatable bonds is 5. The molecule has 0 aliphatic heterocycles. The van der Waals surface area contributed by atoms with Crippen molar-refractivity contribution in [3.05, 3.63) is 34.9 Å². The second-order valence-electron chi connectivity index (χ2n) is 5.09. The van der Waals surface area contributed by atoms with Gasteiger partial charge in [0.1, 0.15) is 0 Å². The zero-order valence-corrected chi connectivity index (χ0v) is 10.8. The molecule has 1 aromatic rings. The smallest absolute Gasteiger partial charge is 0.0406 e. The molecule has 0 saturated heterocycles. The second kappa shape index (κ2) is 4.77. The maximum atomic E-state index is 5.90. The van der Waals surface area contributed by atoms with E-state index in [0.717, 1.165) is 18.0 Å².